The maximum atomic E-state index is 11.2. The topological polar surface area (TPSA) is 61.2 Å². The van der Waals surface area contributed by atoms with Crippen molar-refractivity contribution in [2.75, 3.05) is 0 Å². The fraction of sp³-hybridized carbons (Fsp3) is 0.214. The Kier molecular flexibility index (Phi) is 4.07. The molecule has 0 unspecified atom stereocenters. The van der Waals surface area contributed by atoms with Gasteiger partial charge in [0, 0.05) is 18.1 Å². The molecule has 19 heavy (non-hydrogen) atoms. The van der Waals surface area contributed by atoms with E-state index in [1.54, 1.807) is 12.5 Å². The van der Waals surface area contributed by atoms with Gasteiger partial charge in [-0.2, -0.15) is 0 Å². The van der Waals surface area contributed by atoms with E-state index in [0.717, 1.165) is 11.3 Å². The van der Waals surface area contributed by atoms with Crippen LogP contribution >= 0.6 is 0 Å². The summed E-state index contributed by atoms with van der Waals surface area (Å²) >= 11 is 0. The van der Waals surface area contributed by atoms with Crippen molar-refractivity contribution in [1.29, 1.82) is 0 Å². The average Bonchev–Trinajstić information content (AvgIpc) is 2.90. The quantitative estimate of drug-likeness (QED) is 0.607. The Morgan fingerprint density at radius 2 is 2.00 bits per heavy atom. The highest BCUT2D eigenvalue weighted by molar-refractivity contribution is 5.94. The SMILES string of the molecule is CC(=O)CC(=O)OCc1ccc(-n2ccnc2)cc1. The Hall–Kier alpha value is -2.43. The van der Waals surface area contributed by atoms with Crippen molar-refractivity contribution in [3.63, 3.8) is 0 Å². The van der Waals surface area contributed by atoms with E-state index in [0.29, 0.717) is 0 Å². The van der Waals surface area contributed by atoms with Crippen molar-refractivity contribution < 1.29 is 14.3 Å². The van der Waals surface area contributed by atoms with Gasteiger partial charge in [0.05, 0.1) is 6.33 Å². The Morgan fingerprint density at radius 3 is 2.58 bits per heavy atom. The number of imidazole rings is 1. The summed E-state index contributed by atoms with van der Waals surface area (Å²) in [6, 6.07) is 7.57. The summed E-state index contributed by atoms with van der Waals surface area (Å²) in [5, 5.41) is 0. The third-order valence-electron chi connectivity index (χ3n) is 2.53. The van der Waals surface area contributed by atoms with Gasteiger partial charge in [-0.15, -0.1) is 0 Å². The number of carbonyl (C=O) groups excluding carboxylic acids is 2. The van der Waals surface area contributed by atoms with Crippen LogP contribution in [0.4, 0.5) is 0 Å². The number of hydrogen-bond donors (Lipinski definition) is 0. The summed E-state index contributed by atoms with van der Waals surface area (Å²) < 4.78 is 6.87. The minimum absolute atomic E-state index is 0.173. The molecule has 0 amide bonds. The molecule has 0 saturated carbocycles. The van der Waals surface area contributed by atoms with E-state index in [1.807, 2.05) is 35.0 Å². The van der Waals surface area contributed by atoms with Crippen molar-refractivity contribution in [1.82, 2.24) is 9.55 Å². The van der Waals surface area contributed by atoms with E-state index >= 15 is 0 Å². The lowest BCUT2D eigenvalue weighted by Gasteiger charge is -2.06. The zero-order valence-corrected chi connectivity index (χ0v) is 10.6. The monoisotopic (exact) mass is 258 g/mol. The first-order chi connectivity index (χ1) is 9.15. The first kappa shape index (κ1) is 13.0. The van der Waals surface area contributed by atoms with Crippen molar-refractivity contribution in [3.8, 4) is 5.69 Å². The van der Waals surface area contributed by atoms with Crippen LogP contribution in [0.5, 0.6) is 0 Å². The standard InChI is InChI=1S/C14H14N2O3/c1-11(17)8-14(18)19-9-12-2-4-13(5-3-12)16-7-6-15-10-16/h2-7,10H,8-9H2,1H3. The second-order valence-corrected chi connectivity index (χ2v) is 4.18. The summed E-state index contributed by atoms with van der Waals surface area (Å²) in [5.74, 6) is -0.688. The number of aromatic nitrogens is 2. The minimum Gasteiger partial charge on any atom is -0.460 e. The van der Waals surface area contributed by atoms with Crippen LogP contribution < -0.4 is 0 Å². The molecule has 0 aliphatic rings. The number of carbonyl (C=O) groups is 2. The Bertz CT molecular complexity index is 559. The lowest BCUT2D eigenvalue weighted by Crippen LogP contribution is -2.08. The number of esters is 1. The van der Waals surface area contributed by atoms with Gasteiger partial charge in [0.15, 0.2) is 0 Å². The number of ketones is 1. The zero-order chi connectivity index (χ0) is 13.7. The maximum Gasteiger partial charge on any atom is 0.313 e. The molecule has 0 saturated heterocycles. The van der Waals surface area contributed by atoms with Crippen molar-refractivity contribution >= 4 is 11.8 Å². The predicted octanol–water partition coefficient (Wildman–Crippen LogP) is 1.89. The largest absolute Gasteiger partial charge is 0.460 e. The van der Waals surface area contributed by atoms with Crippen LogP contribution in [0.3, 0.4) is 0 Å². The van der Waals surface area contributed by atoms with Crippen LogP contribution in [0.1, 0.15) is 18.9 Å². The molecule has 5 heteroatoms. The average molecular weight is 258 g/mol. The fourth-order valence-electron chi connectivity index (χ4n) is 1.59. The summed E-state index contributed by atoms with van der Waals surface area (Å²) in [6.07, 6.45) is 5.09. The van der Waals surface area contributed by atoms with E-state index in [1.165, 1.54) is 6.92 Å². The van der Waals surface area contributed by atoms with E-state index in [-0.39, 0.29) is 18.8 Å². The smallest absolute Gasteiger partial charge is 0.313 e. The fourth-order valence-corrected chi connectivity index (χ4v) is 1.59. The highest BCUT2D eigenvalue weighted by Crippen LogP contribution is 2.10. The molecule has 98 valence electrons. The molecule has 0 radical (unpaired) electrons. The van der Waals surface area contributed by atoms with E-state index in [2.05, 4.69) is 4.98 Å². The van der Waals surface area contributed by atoms with Gasteiger partial charge >= 0.3 is 5.97 Å². The molecule has 5 nitrogen and oxygen atoms in total. The van der Waals surface area contributed by atoms with Crippen LogP contribution in [0, 0.1) is 0 Å². The first-order valence-electron chi connectivity index (χ1n) is 5.87. The molecule has 1 aromatic heterocycles. The second-order valence-electron chi connectivity index (χ2n) is 4.18. The molecule has 0 atom stereocenters. The molecule has 1 heterocycles. The first-order valence-corrected chi connectivity index (χ1v) is 5.87. The predicted molar refractivity (Wildman–Crippen MR) is 68.7 cm³/mol. The molecule has 2 rings (SSSR count). The Balaban J connectivity index is 1.92. The Labute approximate surface area is 110 Å². The van der Waals surface area contributed by atoms with Gasteiger partial charge in [-0.1, -0.05) is 12.1 Å². The molecule has 0 aliphatic heterocycles. The number of benzene rings is 1. The molecule has 0 bridgehead atoms. The highest BCUT2D eigenvalue weighted by Gasteiger charge is 2.06. The maximum absolute atomic E-state index is 11.2. The van der Waals surface area contributed by atoms with Crippen molar-refractivity contribution in [3.05, 3.63) is 48.5 Å². The van der Waals surface area contributed by atoms with Crippen LogP contribution in [0.15, 0.2) is 43.0 Å². The van der Waals surface area contributed by atoms with Crippen LogP contribution in [0.25, 0.3) is 5.69 Å². The normalized spacial score (nSPS) is 10.2. The summed E-state index contributed by atoms with van der Waals surface area (Å²) in [5.41, 5.74) is 1.86. The van der Waals surface area contributed by atoms with Gasteiger partial charge in [0.1, 0.15) is 18.8 Å². The number of Topliss-reactive ketones (excluding diaryl/α,β-unsaturated/α-hetero) is 1. The van der Waals surface area contributed by atoms with Crippen LogP contribution in [-0.2, 0) is 20.9 Å². The summed E-state index contributed by atoms with van der Waals surface area (Å²) in [6.45, 7) is 1.54. The molecular formula is C14H14N2O3. The number of rotatable bonds is 5. The van der Waals surface area contributed by atoms with Crippen molar-refractivity contribution in [2.24, 2.45) is 0 Å². The van der Waals surface area contributed by atoms with E-state index < -0.39 is 5.97 Å². The number of hydrogen-bond acceptors (Lipinski definition) is 4. The van der Waals surface area contributed by atoms with Gasteiger partial charge < -0.3 is 9.30 Å². The summed E-state index contributed by atoms with van der Waals surface area (Å²) in [4.78, 5) is 25.9. The number of ether oxygens (including phenoxy) is 1. The van der Waals surface area contributed by atoms with Crippen molar-refractivity contribution in [2.45, 2.75) is 20.0 Å². The molecule has 0 spiro atoms. The molecular weight excluding hydrogens is 244 g/mol. The van der Waals surface area contributed by atoms with Gasteiger partial charge in [0.2, 0.25) is 0 Å². The zero-order valence-electron chi connectivity index (χ0n) is 10.6. The van der Waals surface area contributed by atoms with Gasteiger partial charge in [-0.05, 0) is 24.6 Å². The molecule has 0 fully saturated rings. The second kappa shape index (κ2) is 5.95. The molecule has 1 aromatic carbocycles. The third-order valence-corrected chi connectivity index (χ3v) is 2.53. The lowest BCUT2D eigenvalue weighted by atomic mass is 10.2. The lowest BCUT2D eigenvalue weighted by molar-refractivity contribution is -0.146. The van der Waals surface area contributed by atoms with Gasteiger partial charge in [0.25, 0.3) is 0 Å². The van der Waals surface area contributed by atoms with Crippen LogP contribution in [0.2, 0.25) is 0 Å². The minimum atomic E-state index is -0.494. The Morgan fingerprint density at radius 1 is 1.26 bits per heavy atom. The highest BCUT2D eigenvalue weighted by atomic mass is 16.5. The van der Waals surface area contributed by atoms with Crippen LogP contribution in [-0.4, -0.2) is 21.3 Å². The van der Waals surface area contributed by atoms with E-state index in [9.17, 15) is 9.59 Å². The molecule has 0 N–H and O–H groups in total. The molecule has 2 aromatic rings. The number of nitrogens with zero attached hydrogens (tertiary/aromatic N) is 2. The summed E-state index contributed by atoms with van der Waals surface area (Å²) in [7, 11) is 0. The van der Waals surface area contributed by atoms with Gasteiger partial charge in [-0.25, -0.2) is 4.98 Å². The van der Waals surface area contributed by atoms with Gasteiger partial charge in [-0.3, -0.25) is 9.59 Å². The molecule has 0 aliphatic carbocycles. The third kappa shape index (κ3) is 3.77. The van der Waals surface area contributed by atoms with E-state index in [4.69, 9.17) is 4.74 Å².